The Balaban J connectivity index is 2.79. The Hall–Kier alpha value is -2.10. The van der Waals surface area contributed by atoms with E-state index in [9.17, 15) is 10.1 Å². The number of para-hydroxylation sites is 1. The van der Waals surface area contributed by atoms with Crippen LogP contribution in [0.2, 0.25) is 0 Å². The number of ether oxygens (including phenoxy) is 1. The van der Waals surface area contributed by atoms with E-state index in [1.54, 1.807) is 30.4 Å². The Morgan fingerprint density at radius 2 is 2.20 bits per heavy atom. The van der Waals surface area contributed by atoms with Gasteiger partial charge in [-0.15, -0.1) is 0 Å². The minimum absolute atomic E-state index is 0.0657. The van der Waals surface area contributed by atoms with Gasteiger partial charge in [-0.2, -0.15) is 0 Å². The third-order valence-corrected chi connectivity index (χ3v) is 1.69. The Kier molecular flexibility index (Phi) is 4.09. The fourth-order valence-electron chi connectivity index (χ4n) is 1.04. The van der Waals surface area contributed by atoms with Gasteiger partial charge in [-0.25, -0.2) is 0 Å². The molecule has 0 atom stereocenters. The number of benzene rings is 1. The van der Waals surface area contributed by atoms with Crippen LogP contribution in [0.5, 0.6) is 0 Å². The van der Waals surface area contributed by atoms with Gasteiger partial charge in [-0.1, -0.05) is 24.8 Å². The van der Waals surface area contributed by atoms with Crippen molar-refractivity contribution in [3.8, 4) is 0 Å². The summed E-state index contributed by atoms with van der Waals surface area (Å²) in [6.07, 6.45) is 4.58. The molecule has 0 heterocycles. The standard InChI is InChI=1S/C11H11NO3/c1-2-8-15-9-7-10-5-3-4-6-11(10)12(13)14/h2-7,9H,1,8H2/b9-7+. The highest BCUT2D eigenvalue weighted by atomic mass is 16.6. The summed E-state index contributed by atoms with van der Waals surface area (Å²) < 4.78 is 5.00. The topological polar surface area (TPSA) is 52.4 Å². The molecule has 0 fully saturated rings. The lowest BCUT2D eigenvalue weighted by Gasteiger charge is -1.97. The molecule has 0 saturated heterocycles. The van der Waals surface area contributed by atoms with Gasteiger partial charge in [0.15, 0.2) is 0 Å². The minimum atomic E-state index is -0.423. The fraction of sp³-hybridized carbons (Fsp3) is 0.0909. The van der Waals surface area contributed by atoms with E-state index in [0.29, 0.717) is 12.2 Å². The molecule has 0 unspecified atom stereocenters. The van der Waals surface area contributed by atoms with Crippen LogP contribution in [0.3, 0.4) is 0 Å². The van der Waals surface area contributed by atoms with Crippen LogP contribution in [0.1, 0.15) is 5.56 Å². The maximum absolute atomic E-state index is 10.6. The molecule has 0 aliphatic rings. The van der Waals surface area contributed by atoms with E-state index in [1.165, 1.54) is 12.3 Å². The largest absolute Gasteiger partial charge is 0.497 e. The van der Waals surface area contributed by atoms with Crippen LogP contribution in [0.15, 0.2) is 43.2 Å². The van der Waals surface area contributed by atoms with E-state index in [4.69, 9.17) is 4.74 Å². The molecule has 4 heteroatoms. The Labute approximate surface area is 87.6 Å². The summed E-state index contributed by atoms with van der Waals surface area (Å²) in [5.74, 6) is 0. The molecule has 0 bridgehead atoms. The van der Waals surface area contributed by atoms with Crippen molar-refractivity contribution in [3.05, 3.63) is 58.9 Å². The predicted molar refractivity (Wildman–Crippen MR) is 58.3 cm³/mol. The van der Waals surface area contributed by atoms with Crippen LogP contribution in [0.25, 0.3) is 6.08 Å². The quantitative estimate of drug-likeness (QED) is 0.244. The van der Waals surface area contributed by atoms with Gasteiger partial charge in [-0.05, 0) is 12.1 Å². The minimum Gasteiger partial charge on any atom is -0.497 e. The highest BCUT2D eigenvalue weighted by Gasteiger charge is 2.08. The van der Waals surface area contributed by atoms with Gasteiger partial charge in [0.1, 0.15) is 6.61 Å². The van der Waals surface area contributed by atoms with Gasteiger partial charge >= 0.3 is 0 Å². The van der Waals surface area contributed by atoms with Crippen molar-refractivity contribution < 1.29 is 9.66 Å². The normalized spacial score (nSPS) is 10.1. The Morgan fingerprint density at radius 1 is 1.47 bits per heavy atom. The first-order valence-electron chi connectivity index (χ1n) is 4.38. The zero-order chi connectivity index (χ0) is 11.1. The van der Waals surface area contributed by atoms with E-state index < -0.39 is 4.92 Å². The number of hydrogen-bond acceptors (Lipinski definition) is 3. The molecule has 0 spiro atoms. The highest BCUT2D eigenvalue weighted by molar-refractivity contribution is 5.59. The van der Waals surface area contributed by atoms with Crippen LogP contribution in [-0.2, 0) is 4.74 Å². The summed E-state index contributed by atoms with van der Waals surface area (Å²) in [6, 6.07) is 6.47. The van der Waals surface area contributed by atoms with E-state index in [2.05, 4.69) is 6.58 Å². The number of nitro groups is 1. The van der Waals surface area contributed by atoms with Gasteiger partial charge < -0.3 is 4.74 Å². The van der Waals surface area contributed by atoms with Crippen molar-refractivity contribution in [2.24, 2.45) is 0 Å². The van der Waals surface area contributed by atoms with Crippen LogP contribution in [-0.4, -0.2) is 11.5 Å². The summed E-state index contributed by atoms with van der Waals surface area (Å²) in [5.41, 5.74) is 0.586. The van der Waals surface area contributed by atoms with Crippen molar-refractivity contribution in [2.75, 3.05) is 6.61 Å². The van der Waals surface area contributed by atoms with E-state index >= 15 is 0 Å². The Bertz CT molecular complexity index is 385. The van der Waals surface area contributed by atoms with Gasteiger partial charge in [0.05, 0.1) is 16.7 Å². The van der Waals surface area contributed by atoms with E-state index in [1.807, 2.05) is 0 Å². The summed E-state index contributed by atoms with van der Waals surface area (Å²) in [5, 5.41) is 10.6. The van der Waals surface area contributed by atoms with Crippen LogP contribution in [0.4, 0.5) is 5.69 Å². The molecule has 1 aromatic rings. The lowest BCUT2D eigenvalue weighted by atomic mass is 10.2. The molecule has 0 N–H and O–H groups in total. The zero-order valence-electron chi connectivity index (χ0n) is 8.13. The van der Waals surface area contributed by atoms with E-state index in [0.717, 1.165) is 0 Å². The summed E-state index contributed by atoms with van der Waals surface area (Å²) in [4.78, 5) is 10.2. The molecule has 0 radical (unpaired) electrons. The van der Waals surface area contributed by atoms with Crippen molar-refractivity contribution >= 4 is 11.8 Å². The second-order valence-electron chi connectivity index (χ2n) is 2.74. The molecule has 15 heavy (non-hydrogen) atoms. The van der Waals surface area contributed by atoms with Gasteiger partial charge in [-0.3, -0.25) is 10.1 Å². The van der Waals surface area contributed by atoms with Crippen molar-refractivity contribution in [1.29, 1.82) is 0 Å². The van der Waals surface area contributed by atoms with Crippen LogP contribution in [0, 0.1) is 10.1 Å². The van der Waals surface area contributed by atoms with Gasteiger partial charge in [0.2, 0.25) is 0 Å². The van der Waals surface area contributed by atoms with Crippen molar-refractivity contribution in [1.82, 2.24) is 0 Å². The molecular formula is C11H11NO3. The second kappa shape index (κ2) is 5.59. The average molecular weight is 205 g/mol. The maximum Gasteiger partial charge on any atom is 0.276 e. The smallest absolute Gasteiger partial charge is 0.276 e. The molecule has 4 nitrogen and oxygen atoms in total. The summed E-state index contributed by atoms with van der Waals surface area (Å²) in [7, 11) is 0. The predicted octanol–water partition coefficient (Wildman–Crippen LogP) is 2.77. The third kappa shape index (κ3) is 3.27. The summed E-state index contributed by atoms with van der Waals surface area (Å²) >= 11 is 0. The second-order valence-corrected chi connectivity index (χ2v) is 2.74. The Morgan fingerprint density at radius 3 is 2.87 bits per heavy atom. The van der Waals surface area contributed by atoms with Gasteiger partial charge in [0.25, 0.3) is 5.69 Å². The number of nitrogens with zero attached hydrogens (tertiary/aromatic N) is 1. The number of nitro benzene ring substituents is 1. The average Bonchev–Trinajstić information content (AvgIpc) is 2.25. The van der Waals surface area contributed by atoms with Crippen molar-refractivity contribution in [2.45, 2.75) is 0 Å². The van der Waals surface area contributed by atoms with Gasteiger partial charge in [0, 0.05) is 6.07 Å². The lowest BCUT2D eigenvalue weighted by molar-refractivity contribution is -0.385. The third-order valence-electron chi connectivity index (χ3n) is 1.69. The summed E-state index contributed by atoms with van der Waals surface area (Å²) in [6.45, 7) is 3.87. The molecule has 0 amide bonds. The molecule has 78 valence electrons. The monoisotopic (exact) mass is 205 g/mol. The number of rotatable bonds is 5. The molecule has 0 aliphatic carbocycles. The first-order valence-corrected chi connectivity index (χ1v) is 4.38. The molecule has 0 saturated carbocycles. The molecular weight excluding hydrogens is 194 g/mol. The zero-order valence-corrected chi connectivity index (χ0v) is 8.13. The lowest BCUT2D eigenvalue weighted by Crippen LogP contribution is -1.90. The molecule has 0 aromatic heterocycles. The van der Waals surface area contributed by atoms with Crippen LogP contribution < -0.4 is 0 Å². The fourth-order valence-corrected chi connectivity index (χ4v) is 1.04. The molecule has 0 aliphatic heterocycles. The maximum atomic E-state index is 10.6. The van der Waals surface area contributed by atoms with E-state index in [-0.39, 0.29) is 5.69 Å². The first-order chi connectivity index (χ1) is 7.25. The molecule has 1 rings (SSSR count). The first kappa shape index (κ1) is 11.0. The number of hydrogen-bond donors (Lipinski definition) is 0. The molecule has 1 aromatic carbocycles. The van der Waals surface area contributed by atoms with Crippen LogP contribution >= 0.6 is 0 Å². The highest BCUT2D eigenvalue weighted by Crippen LogP contribution is 2.18. The SMILES string of the molecule is C=CCO/C=C/c1ccccc1[N+](=O)[O-]. The van der Waals surface area contributed by atoms with Crippen molar-refractivity contribution in [3.63, 3.8) is 0 Å².